The Balaban J connectivity index is 1.62. The maximum atomic E-state index is 12.8. The minimum absolute atomic E-state index is 0.00270. The molecule has 22 heavy (non-hydrogen) atoms. The van der Waals surface area contributed by atoms with Gasteiger partial charge in [-0.25, -0.2) is 4.39 Å². The number of carbonyl (C=O) groups is 1. The molecule has 2 nitrogen and oxygen atoms in total. The van der Waals surface area contributed by atoms with Crippen LogP contribution in [0.1, 0.15) is 17.5 Å². The van der Waals surface area contributed by atoms with E-state index in [1.54, 1.807) is 23.9 Å². The van der Waals surface area contributed by atoms with Gasteiger partial charge in [0, 0.05) is 29.5 Å². The summed E-state index contributed by atoms with van der Waals surface area (Å²) in [6, 6.07) is 13.8. The van der Waals surface area contributed by atoms with Crippen molar-refractivity contribution in [2.24, 2.45) is 0 Å². The summed E-state index contributed by atoms with van der Waals surface area (Å²) in [4.78, 5) is 11.7. The molecule has 0 atom stereocenters. The van der Waals surface area contributed by atoms with Gasteiger partial charge in [0.05, 0.1) is 0 Å². The molecule has 0 fully saturated rings. The third kappa shape index (κ3) is 6.08. The Bertz CT molecular complexity index is 618. The SMILES string of the molecule is O=C(CCSCc1cccc(Cl)c1)NCc1ccc(F)cc1. The zero-order valence-electron chi connectivity index (χ0n) is 12.0. The molecule has 5 heteroatoms. The molecule has 2 rings (SSSR count). The first-order valence-electron chi connectivity index (χ1n) is 6.97. The maximum Gasteiger partial charge on any atom is 0.221 e. The Morgan fingerprint density at radius 2 is 1.91 bits per heavy atom. The van der Waals surface area contributed by atoms with E-state index in [4.69, 9.17) is 11.6 Å². The van der Waals surface area contributed by atoms with Crippen molar-refractivity contribution < 1.29 is 9.18 Å². The van der Waals surface area contributed by atoms with Crippen LogP contribution in [0.2, 0.25) is 5.02 Å². The molecular weight excluding hydrogens is 321 g/mol. The molecule has 0 bridgehead atoms. The third-order valence-corrected chi connectivity index (χ3v) is 4.30. The van der Waals surface area contributed by atoms with Crippen molar-refractivity contribution in [3.63, 3.8) is 0 Å². The summed E-state index contributed by atoms with van der Waals surface area (Å²) in [5.74, 6) is 1.32. The molecule has 0 radical (unpaired) electrons. The van der Waals surface area contributed by atoms with Gasteiger partial charge in [0.25, 0.3) is 0 Å². The normalized spacial score (nSPS) is 10.5. The molecule has 1 N–H and O–H groups in total. The van der Waals surface area contributed by atoms with Crippen molar-refractivity contribution in [2.45, 2.75) is 18.7 Å². The van der Waals surface area contributed by atoms with Gasteiger partial charge in [-0.3, -0.25) is 4.79 Å². The van der Waals surface area contributed by atoms with Crippen LogP contribution in [0.5, 0.6) is 0 Å². The van der Waals surface area contributed by atoms with Gasteiger partial charge >= 0.3 is 0 Å². The van der Waals surface area contributed by atoms with Crippen LogP contribution in [0.25, 0.3) is 0 Å². The first-order chi connectivity index (χ1) is 10.6. The van der Waals surface area contributed by atoms with Gasteiger partial charge in [-0.1, -0.05) is 35.9 Å². The van der Waals surface area contributed by atoms with E-state index in [9.17, 15) is 9.18 Å². The van der Waals surface area contributed by atoms with Crippen LogP contribution in [0.3, 0.4) is 0 Å². The second kappa shape index (κ2) is 8.81. The van der Waals surface area contributed by atoms with E-state index in [-0.39, 0.29) is 11.7 Å². The summed E-state index contributed by atoms with van der Waals surface area (Å²) in [5.41, 5.74) is 2.05. The summed E-state index contributed by atoms with van der Waals surface area (Å²) < 4.78 is 12.8. The highest BCUT2D eigenvalue weighted by Crippen LogP contribution is 2.17. The Morgan fingerprint density at radius 1 is 1.14 bits per heavy atom. The second-order valence-corrected chi connectivity index (χ2v) is 6.38. The van der Waals surface area contributed by atoms with Crippen molar-refractivity contribution >= 4 is 29.3 Å². The van der Waals surface area contributed by atoms with E-state index in [1.165, 1.54) is 12.1 Å². The predicted molar refractivity (Wildman–Crippen MR) is 90.5 cm³/mol. The average Bonchev–Trinajstić information content (AvgIpc) is 2.51. The topological polar surface area (TPSA) is 29.1 Å². The number of rotatable bonds is 7. The molecule has 0 aromatic heterocycles. The quantitative estimate of drug-likeness (QED) is 0.758. The largest absolute Gasteiger partial charge is 0.352 e. The number of thioether (sulfide) groups is 1. The lowest BCUT2D eigenvalue weighted by molar-refractivity contribution is -0.120. The lowest BCUT2D eigenvalue weighted by Crippen LogP contribution is -2.23. The van der Waals surface area contributed by atoms with Crippen LogP contribution in [0.15, 0.2) is 48.5 Å². The molecule has 0 aliphatic rings. The van der Waals surface area contributed by atoms with Gasteiger partial charge in [0.2, 0.25) is 5.91 Å². The number of hydrogen-bond acceptors (Lipinski definition) is 2. The van der Waals surface area contributed by atoms with Crippen molar-refractivity contribution in [3.8, 4) is 0 Å². The molecule has 2 aromatic rings. The molecule has 0 aliphatic carbocycles. The van der Waals surface area contributed by atoms with E-state index < -0.39 is 0 Å². The number of hydrogen-bond donors (Lipinski definition) is 1. The molecular formula is C17H17ClFNOS. The standard InChI is InChI=1S/C17H17ClFNOS/c18-15-3-1-2-14(10-15)12-22-9-8-17(21)20-11-13-4-6-16(19)7-5-13/h1-7,10H,8-9,11-12H2,(H,20,21). The van der Waals surface area contributed by atoms with E-state index in [0.29, 0.717) is 13.0 Å². The third-order valence-electron chi connectivity index (χ3n) is 3.03. The van der Waals surface area contributed by atoms with E-state index in [2.05, 4.69) is 5.32 Å². The van der Waals surface area contributed by atoms with Crippen LogP contribution >= 0.6 is 23.4 Å². The van der Waals surface area contributed by atoms with Gasteiger partial charge in [0.1, 0.15) is 5.82 Å². The number of halogens is 2. The number of carbonyl (C=O) groups excluding carboxylic acids is 1. The number of nitrogens with one attached hydrogen (secondary N) is 1. The molecule has 0 unspecified atom stereocenters. The molecule has 0 saturated heterocycles. The van der Waals surface area contributed by atoms with E-state index in [0.717, 1.165) is 27.7 Å². The summed E-state index contributed by atoms with van der Waals surface area (Å²) >= 11 is 7.62. The van der Waals surface area contributed by atoms with Gasteiger partial charge in [-0.15, -0.1) is 0 Å². The Labute approximate surface area is 139 Å². The first kappa shape index (κ1) is 16.8. The van der Waals surface area contributed by atoms with Gasteiger partial charge in [0.15, 0.2) is 0 Å². The molecule has 1 amide bonds. The fourth-order valence-corrected chi connectivity index (χ4v) is 2.98. The monoisotopic (exact) mass is 337 g/mol. The smallest absolute Gasteiger partial charge is 0.221 e. The molecule has 0 aliphatic heterocycles. The highest BCUT2D eigenvalue weighted by molar-refractivity contribution is 7.98. The Hall–Kier alpha value is -1.52. The summed E-state index contributed by atoms with van der Waals surface area (Å²) in [5, 5.41) is 3.56. The minimum Gasteiger partial charge on any atom is -0.352 e. The second-order valence-electron chi connectivity index (χ2n) is 4.84. The number of amides is 1. The maximum absolute atomic E-state index is 12.8. The first-order valence-corrected chi connectivity index (χ1v) is 8.50. The fourth-order valence-electron chi connectivity index (χ4n) is 1.87. The van der Waals surface area contributed by atoms with Crippen LogP contribution in [-0.2, 0) is 17.1 Å². The zero-order chi connectivity index (χ0) is 15.8. The van der Waals surface area contributed by atoms with Crippen molar-refractivity contribution in [2.75, 3.05) is 5.75 Å². The summed E-state index contributed by atoms with van der Waals surface area (Å²) in [7, 11) is 0. The lowest BCUT2D eigenvalue weighted by atomic mass is 10.2. The van der Waals surface area contributed by atoms with Crippen molar-refractivity contribution in [1.82, 2.24) is 5.32 Å². The molecule has 116 valence electrons. The lowest BCUT2D eigenvalue weighted by Gasteiger charge is -2.06. The van der Waals surface area contributed by atoms with Crippen molar-refractivity contribution in [1.29, 1.82) is 0 Å². The number of benzene rings is 2. The molecule has 2 aromatic carbocycles. The fraction of sp³-hybridized carbons (Fsp3) is 0.235. The average molecular weight is 338 g/mol. The summed E-state index contributed by atoms with van der Waals surface area (Å²) in [6.07, 6.45) is 0.465. The van der Waals surface area contributed by atoms with Gasteiger partial charge in [-0.2, -0.15) is 11.8 Å². The van der Waals surface area contributed by atoms with Crippen LogP contribution in [-0.4, -0.2) is 11.7 Å². The van der Waals surface area contributed by atoms with Crippen LogP contribution < -0.4 is 5.32 Å². The zero-order valence-corrected chi connectivity index (χ0v) is 13.6. The summed E-state index contributed by atoms with van der Waals surface area (Å²) in [6.45, 7) is 0.429. The van der Waals surface area contributed by atoms with Gasteiger partial charge in [-0.05, 0) is 35.4 Å². The van der Waals surface area contributed by atoms with E-state index in [1.807, 2.05) is 24.3 Å². The molecule has 0 saturated carbocycles. The predicted octanol–water partition coefficient (Wildman–Crippen LogP) is 4.42. The van der Waals surface area contributed by atoms with Crippen molar-refractivity contribution in [3.05, 3.63) is 70.5 Å². The minimum atomic E-state index is -0.271. The molecule has 0 heterocycles. The highest BCUT2D eigenvalue weighted by Gasteiger charge is 2.02. The Kier molecular flexibility index (Phi) is 6.74. The van der Waals surface area contributed by atoms with Crippen LogP contribution in [0.4, 0.5) is 4.39 Å². The van der Waals surface area contributed by atoms with Crippen LogP contribution in [0, 0.1) is 5.82 Å². The Morgan fingerprint density at radius 3 is 2.64 bits per heavy atom. The van der Waals surface area contributed by atoms with E-state index >= 15 is 0 Å². The molecule has 0 spiro atoms. The van der Waals surface area contributed by atoms with Gasteiger partial charge < -0.3 is 5.32 Å². The highest BCUT2D eigenvalue weighted by atomic mass is 35.5.